The number of nitrogens with one attached hydrogen (secondary N) is 1. The van der Waals surface area contributed by atoms with Gasteiger partial charge in [-0.15, -0.1) is 0 Å². The van der Waals surface area contributed by atoms with Crippen molar-refractivity contribution in [1.29, 1.82) is 0 Å². The molecule has 1 fully saturated rings. The zero-order valence-corrected chi connectivity index (χ0v) is 17.7. The normalized spacial score (nSPS) is 15.6. The number of piperidine rings is 1. The van der Waals surface area contributed by atoms with Crippen LogP contribution in [0.1, 0.15) is 52.0 Å². The van der Waals surface area contributed by atoms with Gasteiger partial charge in [-0.2, -0.15) is 0 Å². The first kappa shape index (κ1) is 21.5. The molecule has 0 aromatic heterocycles. The van der Waals surface area contributed by atoms with E-state index < -0.39 is 0 Å². The fourth-order valence-electron chi connectivity index (χ4n) is 3.28. The molecule has 1 aliphatic heterocycles. The predicted molar refractivity (Wildman–Crippen MR) is 118 cm³/mol. The minimum Gasteiger partial charge on any atom is -0.357 e. The van der Waals surface area contributed by atoms with E-state index >= 15 is 0 Å². The van der Waals surface area contributed by atoms with Gasteiger partial charge >= 0.3 is 0 Å². The van der Waals surface area contributed by atoms with E-state index in [0.29, 0.717) is 6.04 Å². The van der Waals surface area contributed by atoms with Crippen molar-refractivity contribution in [2.24, 2.45) is 4.99 Å². The maximum atomic E-state index is 4.88. The van der Waals surface area contributed by atoms with E-state index in [2.05, 4.69) is 79.3 Å². The molecule has 1 aromatic rings. The van der Waals surface area contributed by atoms with Crippen molar-refractivity contribution in [3.05, 3.63) is 41.5 Å². The molecule has 0 unspecified atom stereocenters. The quantitative estimate of drug-likeness (QED) is 0.422. The molecule has 1 heterocycles. The number of unbranched alkanes of at least 4 members (excludes halogenated alkanes) is 1. The number of guanidine groups is 1. The van der Waals surface area contributed by atoms with Gasteiger partial charge < -0.3 is 15.1 Å². The maximum Gasteiger partial charge on any atom is 0.193 e. The van der Waals surface area contributed by atoms with Crippen molar-refractivity contribution in [2.75, 3.05) is 39.8 Å². The van der Waals surface area contributed by atoms with Crippen molar-refractivity contribution in [3.63, 3.8) is 0 Å². The molecule has 4 heteroatoms. The zero-order valence-electron chi connectivity index (χ0n) is 17.7. The van der Waals surface area contributed by atoms with Gasteiger partial charge in [-0.25, -0.2) is 0 Å². The first-order valence-electron chi connectivity index (χ1n) is 10.6. The molecule has 27 heavy (non-hydrogen) atoms. The molecule has 150 valence electrons. The summed E-state index contributed by atoms with van der Waals surface area (Å²) in [5.74, 6) is 1.09. The lowest BCUT2D eigenvalue weighted by Crippen LogP contribution is -2.44. The molecular formula is C23H38N4. The Kier molecular flexibility index (Phi) is 9.40. The lowest BCUT2D eigenvalue weighted by molar-refractivity contribution is 0.269. The standard InChI is InChI=1S/C23H38N4/c1-5-24-23(25-15-9-10-16-26(4)20(2)3)27-17-13-22(14-18-27)19-21-11-7-6-8-12-21/h6-8,11-12,19-20H,5,9-10,13-18H2,1-4H3,(H,24,25). The third kappa shape index (κ3) is 7.76. The molecule has 0 atom stereocenters. The Labute approximate surface area is 166 Å². The van der Waals surface area contributed by atoms with E-state index in [1.165, 1.54) is 12.0 Å². The Hall–Kier alpha value is -1.81. The number of nitrogens with zero attached hydrogens (tertiary/aromatic N) is 3. The van der Waals surface area contributed by atoms with Crippen LogP contribution in [0.25, 0.3) is 6.08 Å². The summed E-state index contributed by atoms with van der Waals surface area (Å²) < 4.78 is 0. The second-order valence-electron chi connectivity index (χ2n) is 7.72. The van der Waals surface area contributed by atoms with Crippen LogP contribution in [0, 0.1) is 0 Å². The predicted octanol–water partition coefficient (Wildman–Crippen LogP) is 4.25. The summed E-state index contributed by atoms with van der Waals surface area (Å²) in [7, 11) is 2.20. The summed E-state index contributed by atoms with van der Waals surface area (Å²) in [6.45, 7) is 11.8. The molecule has 0 amide bonds. The Morgan fingerprint density at radius 1 is 1.19 bits per heavy atom. The molecule has 2 rings (SSSR count). The van der Waals surface area contributed by atoms with Gasteiger partial charge in [0.1, 0.15) is 0 Å². The van der Waals surface area contributed by atoms with Crippen molar-refractivity contribution in [2.45, 2.75) is 52.5 Å². The molecule has 0 saturated carbocycles. The molecular weight excluding hydrogens is 332 g/mol. The minimum atomic E-state index is 0.623. The van der Waals surface area contributed by atoms with Gasteiger partial charge in [-0.3, -0.25) is 4.99 Å². The molecule has 1 saturated heterocycles. The van der Waals surface area contributed by atoms with Crippen LogP contribution >= 0.6 is 0 Å². The highest BCUT2D eigenvalue weighted by atomic mass is 15.3. The monoisotopic (exact) mass is 370 g/mol. The van der Waals surface area contributed by atoms with Gasteiger partial charge in [0.05, 0.1) is 0 Å². The Morgan fingerprint density at radius 3 is 2.52 bits per heavy atom. The maximum absolute atomic E-state index is 4.88. The lowest BCUT2D eigenvalue weighted by atomic mass is 10.0. The average Bonchev–Trinajstić information content (AvgIpc) is 2.68. The topological polar surface area (TPSA) is 30.9 Å². The average molecular weight is 371 g/mol. The largest absolute Gasteiger partial charge is 0.357 e. The van der Waals surface area contributed by atoms with Gasteiger partial charge in [0.25, 0.3) is 0 Å². The van der Waals surface area contributed by atoms with Gasteiger partial charge in [-0.05, 0) is 65.6 Å². The fraction of sp³-hybridized carbons (Fsp3) is 0.609. The SMILES string of the molecule is CCNC(=NCCCCN(C)C(C)C)N1CCC(=Cc2ccccc2)CC1. The highest BCUT2D eigenvalue weighted by Gasteiger charge is 2.17. The van der Waals surface area contributed by atoms with E-state index in [-0.39, 0.29) is 0 Å². The third-order valence-electron chi connectivity index (χ3n) is 5.27. The zero-order chi connectivity index (χ0) is 19.5. The number of aliphatic imine (C=N–C) groups is 1. The van der Waals surface area contributed by atoms with Crippen LogP contribution < -0.4 is 5.32 Å². The third-order valence-corrected chi connectivity index (χ3v) is 5.27. The first-order chi connectivity index (χ1) is 13.1. The van der Waals surface area contributed by atoms with Gasteiger partial charge in [0, 0.05) is 32.2 Å². The minimum absolute atomic E-state index is 0.623. The Morgan fingerprint density at radius 2 is 1.89 bits per heavy atom. The van der Waals surface area contributed by atoms with E-state index in [0.717, 1.165) is 57.9 Å². The molecule has 1 aliphatic rings. The summed E-state index contributed by atoms with van der Waals surface area (Å²) in [6.07, 6.45) is 6.96. The summed E-state index contributed by atoms with van der Waals surface area (Å²) in [5, 5.41) is 3.48. The van der Waals surface area contributed by atoms with Gasteiger partial charge in [0.15, 0.2) is 5.96 Å². The number of rotatable bonds is 8. The van der Waals surface area contributed by atoms with Crippen LogP contribution in [0.3, 0.4) is 0 Å². The fourth-order valence-corrected chi connectivity index (χ4v) is 3.28. The lowest BCUT2D eigenvalue weighted by Gasteiger charge is -2.31. The molecule has 1 aromatic carbocycles. The van der Waals surface area contributed by atoms with Crippen LogP contribution in [0.15, 0.2) is 40.9 Å². The molecule has 0 radical (unpaired) electrons. The Balaban J connectivity index is 1.80. The molecule has 0 aliphatic carbocycles. The molecule has 1 N–H and O–H groups in total. The molecule has 0 bridgehead atoms. The molecule has 0 spiro atoms. The number of hydrogen-bond acceptors (Lipinski definition) is 2. The van der Waals surface area contributed by atoms with E-state index in [1.807, 2.05) is 0 Å². The highest BCUT2D eigenvalue weighted by Crippen LogP contribution is 2.19. The van der Waals surface area contributed by atoms with Crippen molar-refractivity contribution in [3.8, 4) is 0 Å². The summed E-state index contributed by atoms with van der Waals surface area (Å²) in [6, 6.07) is 11.3. The second kappa shape index (κ2) is 11.8. The number of hydrogen-bond donors (Lipinski definition) is 1. The van der Waals surface area contributed by atoms with Crippen LogP contribution in [0.5, 0.6) is 0 Å². The summed E-state index contributed by atoms with van der Waals surface area (Å²) in [4.78, 5) is 9.71. The van der Waals surface area contributed by atoms with Crippen LogP contribution in [-0.2, 0) is 0 Å². The van der Waals surface area contributed by atoms with Gasteiger partial charge in [0.2, 0.25) is 0 Å². The number of benzene rings is 1. The van der Waals surface area contributed by atoms with Gasteiger partial charge in [-0.1, -0.05) is 42.0 Å². The summed E-state index contributed by atoms with van der Waals surface area (Å²) >= 11 is 0. The van der Waals surface area contributed by atoms with E-state index in [1.54, 1.807) is 5.57 Å². The number of likely N-dealkylation sites (tertiary alicyclic amines) is 1. The van der Waals surface area contributed by atoms with Crippen LogP contribution in [0.4, 0.5) is 0 Å². The highest BCUT2D eigenvalue weighted by molar-refractivity contribution is 5.80. The molecule has 4 nitrogen and oxygen atoms in total. The van der Waals surface area contributed by atoms with Crippen molar-refractivity contribution < 1.29 is 0 Å². The van der Waals surface area contributed by atoms with E-state index in [4.69, 9.17) is 4.99 Å². The van der Waals surface area contributed by atoms with Crippen LogP contribution in [-0.4, -0.2) is 61.6 Å². The first-order valence-corrected chi connectivity index (χ1v) is 10.6. The van der Waals surface area contributed by atoms with Crippen molar-refractivity contribution in [1.82, 2.24) is 15.1 Å². The van der Waals surface area contributed by atoms with Crippen LogP contribution in [0.2, 0.25) is 0 Å². The smallest absolute Gasteiger partial charge is 0.193 e. The summed E-state index contributed by atoms with van der Waals surface area (Å²) in [5.41, 5.74) is 2.86. The Bertz CT molecular complexity index is 582. The second-order valence-corrected chi connectivity index (χ2v) is 7.72. The van der Waals surface area contributed by atoms with Crippen molar-refractivity contribution >= 4 is 12.0 Å². The van der Waals surface area contributed by atoms with E-state index in [9.17, 15) is 0 Å².